The molecule has 2 N–H and O–H groups in total. The van der Waals surface area contributed by atoms with Crippen molar-refractivity contribution in [2.45, 2.75) is 25.2 Å². The smallest absolute Gasteiger partial charge is 0.187 e. The molecule has 2 atom stereocenters. The molecule has 2 aliphatic carbocycles. The molecular weight excluding hydrogens is 340 g/mol. The minimum atomic E-state index is -1.68. The monoisotopic (exact) mass is 360 g/mol. The van der Waals surface area contributed by atoms with Crippen LogP contribution in [0, 0.1) is 45.3 Å². The average Bonchev–Trinajstić information content (AvgIpc) is 2.72. The summed E-state index contributed by atoms with van der Waals surface area (Å²) in [7, 11) is 3.06. The molecule has 6 heteroatoms. The summed E-state index contributed by atoms with van der Waals surface area (Å²) in [6, 6.07) is 11.7. The summed E-state index contributed by atoms with van der Waals surface area (Å²) < 4.78 is 11.0. The lowest BCUT2D eigenvalue weighted by atomic mass is 9.56. The van der Waals surface area contributed by atoms with Gasteiger partial charge >= 0.3 is 0 Å². The maximum atomic E-state index is 10.1. The largest absolute Gasteiger partial charge is 0.493 e. The summed E-state index contributed by atoms with van der Waals surface area (Å²) in [6.45, 7) is 0. The van der Waals surface area contributed by atoms with E-state index in [1.165, 1.54) is 14.2 Å². The molecule has 0 fully saturated rings. The SMILES string of the molecule is COc1cccc(C2C3CCCC=C3C(N)=C(C#N)C2(C#N)C#N)c1OC. The van der Waals surface area contributed by atoms with Gasteiger partial charge in [0.2, 0.25) is 0 Å². The standard InChI is InChI=1S/C21H20N4O2/c1-26-17-9-5-8-15(20(17)27-2)18-13-6-3-4-7-14(13)19(25)16(10-22)21(18,11-23)12-24/h5,7-9,13,18H,3-4,6,25H2,1-2H3. The van der Waals surface area contributed by atoms with E-state index in [1.54, 1.807) is 12.1 Å². The number of ether oxygens (including phenoxy) is 2. The fourth-order valence-corrected chi connectivity index (χ4v) is 4.40. The van der Waals surface area contributed by atoms with Crippen LogP contribution >= 0.6 is 0 Å². The van der Waals surface area contributed by atoms with Gasteiger partial charge in [-0.3, -0.25) is 0 Å². The van der Waals surface area contributed by atoms with Gasteiger partial charge in [-0.15, -0.1) is 0 Å². The van der Waals surface area contributed by atoms with Crippen molar-refractivity contribution >= 4 is 0 Å². The molecule has 0 radical (unpaired) electrons. The number of benzene rings is 1. The third-order valence-corrected chi connectivity index (χ3v) is 5.56. The van der Waals surface area contributed by atoms with Gasteiger partial charge in [0.1, 0.15) is 0 Å². The zero-order valence-electron chi connectivity index (χ0n) is 15.3. The summed E-state index contributed by atoms with van der Waals surface area (Å²) in [4.78, 5) is 0. The highest BCUT2D eigenvalue weighted by Crippen LogP contribution is 2.58. The Morgan fingerprint density at radius 3 is 2.48 bits per heavy atom. The number of nitrogens with zero attached hydrogens (tertiary/aromatic N) is 3. The van der Waals surface area contributed by atoms with Crippen LogP contribution in [-0.2, 0) is 0 Å². The molecule has 6 nitrogen and oxygen atoms in total. The molecule has 136 valence electrons. The molecule has 0 spiro atoms. The van der Waals surface area contributed by atoms with E-state index in [-0.39, 0.29) is 17.2 Å². The predicted molar refractivity (Wildman–Crippen MR) is 98.2 cm³/mol. The first kappa shape index (κ1) is 18.4. The number of methoxy groups -OCH3 is 2. The number of nitriles is 3. The molecule has 2 aliphatic rings. The lowest BCUT2D eigenvalue weighted by Gasteiger charge is -2.43. The molecule has 0 saturated carbocycles. The zero-order valence-corrected chi connectivity index (χ0v) is 15.3. The van der Waals surface area contributed by atoms with Crippen LogP contribution in [-0.4, -0.2) is 14.2 Å². The minimum Gasteiger partial charge on any atom is -0.493 e. The second-order valence-electron chi connectivity index (χ2n) is 6.69. The molecule has 0 bridgehead atoms. The normalized spacial score (nSPS) is 23.1. The molecule has 0 aromatic heterocycles. The van der Waals surface area contributed by atoms with Crippen molar-refractivity contribution in [2.75, 3.05) is 14.2 Å². The van der Waals surface area contributed by atoms with Crippen molar-refractivity contribution in [3.63, 3.8) is 0 Å². The van der Waals surface area contributed by atoms with E-state index in [4.69, 9.17) is 15.2 Å². The summed E-state index contributed by atoms with van der Waals surface area (Å²) in [6.07, 6.45) is 4.60. The molecule has 0 saturated heterocycles. The topological polar surface area (TPSA) is 116 Å². The van der Waals surface area contributed by atoms with E-state index in [9.17, 15) is 15.8 Å². The van der Waals surface area contributed by atoms with E-state index < -0.39 is 11.3 Å². The van der Waals surface area contributed by atoms with Crippen molar-refractivity contribution in [2.24, 2.45) is 17.1 Å². The summed E-state index contributed by atoms with van der Waals surface area (Å²) in [5.41, 5.74) is 6.41. The molecule has 1 aromatic rings. The fourth-order valence-electron chi connectivity index (χ4n) is 4.40. The maximum absolute atomic E-state index is 10.1. The Bertz CT molecular complexity index is 942. The lowest BCUT2D eigenvalue weighted by molar-refractivity contribution is 0.301. The zero-order chi connectivity index (χ0) is 19.6. The highest BCUT2D eigenvalue weighted by molar-refractivity contribution is 5.61. The fraction of sp³-hybridized carbons (Fsp3) is 0.381. The van der Waals surface area contributed by atoms with Crippen LogP contribution in [0.2, 0.25) is 0 Å². The first-order valence-corrected chi connectivity index (χ1v) is 8.73. The van der Waals surface area contributed by atoms with Gasteiger partial charge in [-0.25, -0.2) is 0 Å². The second kappa shape index (κ2) is 7.06. The summed E-state index contributed by atoms with van der Waals surface area (Å²) >= 11 is 0. The Kier molecular flexibility index (Phi) is 4.80. The molecule has 3 rings (SSSR count). The molecule has 1 aromatic carbocycles. The number of rotatable bonds is 3. The van der Waals surface area contributed by atoms with Crippen molar-refractivity contribution in [1.29, 1.82) is 15.8 Å². The number of fused-ring (bicyclic) bond motifs is 1. The minimum absolute atomic E-state index is 0.0202. The Hall–Kier alpha value is -3.43. The molecule has 0 aliphatic heterocycles. The van der Waals surface area contributed by atoms with Crippen molar-refractivity contribution < 1.29 is 9.47 Å². The first-order chi connectivity index (χ1) is 13.1. The van der Waals surface area contributed by atoms with E-state index in [0.29, 0.717) is 17.1 Å². The van der Waals surface area contributed by atoms with Gasteiger partial charge < -0.3 is 15.2 Å². The number of para-hydroxylation sites is 1. The van der Waals surface area contributed by atoms with Crippen LogP contribution < -0.4 is 15.2 Å². The predicted octanol–water partition coefficient (Wildman–Crippen LogP) is 3.30. The van der Waals surface area contributed by atoms with Gasteiger partial charge in [-0.2, -0.15) is 15.8 Å². The van der Waals surface area contributed by atoms with Gasteiger partial charge in [-0.1, -0.05) is 18.2 Å². The van der Waals surface area contributed by atoms with Crippen LogP contribution in [0.25, 0.3) is 0 Å². The van der Waals surface area contributed by atoms with Crippen LogP contribution in [0.3, 0.4) is 0 Å². The quantitative estimate of drug-likeness (QED) is 0.884. The summed E-state index contributed by atoms with van der Waals surface area (Å²) in [5, 5.41) is 29.9. The van der Waals surface area contributed by atoms with Crippen LogP contribution in [0.15, 0.2) is 41.1 Å². The van der Waals surface area contributed by atoms with E-state index in [1.807, 2.05) is 18.2 Å². The third kappa shape index (κ3) is 2.52. The second-order valence-corrected chi connectivity index (χ2v) is 6.69. The number of allylic oxidation sites excluding steroid dienone is 3. The van der Waals surface area contributed by atoms with Crippen molar-refractivity contribution in [3.05, 3.63) is 46.7 Å². The van der Waals surface area contributed by atoms with E-state index in [2.05, 4.69) is 12.1 Å². The molecule has 0 heterocycles. The van der Waals surface area contributed by atoms with Crippen LogP contribution in [0.1, 0.15) is 30.7 Å². The number of hydrogen-bond donors (Lipinski definition) is 1. The maximum Gasteiger partial charge on any atom is 0.187 e. The van der Waals surface area contributed by atoms with E-state index >= 15 is 0 Å². The third-order valence-electron chi connectivity index (χ3n) is 5.56. The molecule has 27 heavy (non-hydrogen) atoms. The van der Waals surface area contributed by atoms with Gasteiger partial charge in [0.25, 0.3) is 0 Å². The van der Waals surface area contributed by atoms with Gasteiger partial charge in [0, 0.05) is 11.5 Å². The van der Waals surface area contributed by atoms with Gasteiger partial charge in [0.05, 0.1) is 43.7 Å². The number of hydrogen-bond acceptors (Lipinski definition) is 6. The van der Waals surface area contributed by atoms with Crippen LogP contribution in [0.5, 0.6) is 11.5 Å². The average molecular weight is 360 g/mol. The summed E-state index contributed by atoms with van der Waals surface area (Å²) in [5.74, 6) is 0.270. The molecule has 2 unspecified atom stereocenters. The van der Waals surface area contributed by atoms with E-state index in [0.717, 1.165) is 24.8 Å². The highest BCUT2D eigenvalue weighted by atomic mass is 16.5. The molecular formula is C21H20N4O2. The Labute approximate surface area is 158 Å². The Morgan fingerprint density at radius 2 is 1.89 bits per heavy atom. The molecule has 0 amide bonds. The van der Waals surface area contributed by atoms with Crippen LogP contribution in [0.4, 0.5) is 0 Å². The van der Waals surface area contributed by atoms with Crippen molar-refractivity contribution in [3.8, 4) is 29.7 Å². The Balaban J connectivity index is 2.39. The lowest BCUT2D eigenvalue weighted by Crippen LogP contribution is -2.41. The van der Waals surface area contributed by atoms with Gasteiger partial charge in [-0.05, 0) is 36.8 Å². The Morgan fingerprint density at radius 1 is 1.15 bits per heavy atom. The number of nitrogens with two attached hydrogens (primary N) is 1. The van der Waals surface area contributed by atoms with Gasteiger partial charge in [0.15, 0.2) is 16.9 Å². The highest BCUT2D eigenvalue weighted by Gasteiger charge is 2.55. The van der Waals surface area contributed by atoms with Crippen molar-refractivity contribution in [1.82, 2.24) is 0 Å². The first-order valence-electron chi connectivity index (χ1n) is 8.73.